The molecular weight excluding hydrogens is 266 g/mol. The van der Waals surface area contributed by atoms with Crippen molar-refractivity contribution in [1.29, 1.82) is 0 Å². The molecule has 0 bridgehead atoms. The van der Waals surface area contributed by atoms with Gasteiger partial charge in [0.05, 0.1) is 10.6 Å². The number of nitrogens with one attached hydrogen (secondary N) is 2. The van der Waals surface area contributed by atoms with Gasteiger partial charge in [-0.05, 0) is 25.1 Å². The number of rotatable bonds is 2. The molecule has 94 valence electrons. The molecule has 3 nitrogen and oxygen atoms in total. The van der Waals surface area contributed by atoms with E-state index in [-0.39, 0.29) is 34.9 Å². The minimum Gasteiger partial charge on any atom is -0.348 e. The second-order valence-electron chi connectivity index (χ2n) is 3.76. The highest BCUT2D eigenvalue weighted by molar-refractivity contribution is 6.34. The van der Waals surface area contributed by atoms with Gasteiger partial charge < -0.3 is 10.6 Å². The van der Waals surface area contributed by atoms with Crippen LogP contribution in [0.5, 0.6) is 0 Å². The van der Waals surface area contributed by atoms with E-state index >= 15 is 0 Å². The smallest absolute Gasteiger partial charge is 0.253 e. The lowest BCUT2D eigenvalue weighted by Gasteiger charge is -2.12. The zero-order valence-corrected chi connectivity index (χ0v) is 10.6. The van der Waals surface area contributed by atoms with Crippen LogP contribution < -0.4 is 10.6 Å². The highest BCUT2D eigenvalue weighted by Crippen LogP contribution is 2.19. The number of halogens is 3. The summed E-state index contributed by atoms with van der Waals surface area (Å²) in [6, 6.07) is 4.33. The average molecular weight is 279 g/mol. The van der Waals surface area contributed by atoms with E-state index in [9.17, 15) is 9.18 Å². The van der Waals surface area contributed by atoms with Crippen LogP contribution in [-0.4, -0.2) is 25.0 Å². The first kappa shape index (κ1) is 14.2. The van der Waals surface area contributed by atoms with Gasteiger partial charge in [0, 0.05) is 12.6 Å². The largest absolute Gasteiger partial charge is 0.348 e. The Kier molecular flexibility index (Phi) is 5.18. The lowest BCUT2D eigenvalue weighted by atomic mass is 10.2. The van der Waals surface area contributed by atoms with Crippen molar-refractivity contribution in [2.75, 3.05) is 13.1 Å². The summed E-state index contributed by atoms with van der Waals surface area (Å²) in [5.41, 5.74) is 0.188. The molecule has 17 heavy (non-hydrogen) atoms. The predicted molar refractivity (Wildman–Crippen MR) is 67.4 cm³/mol. The number of benzene rings is 1. The van der Waals surface area contributed by atoms with Crippen molar-refractivity contribution in [3.63, 3.8) is 0 Å². The Morgan fingerprint density at radius 2 is 2.29 bits per heavy atom. The van der Waals surface area contributed by atoms with Gasteiger partial charge in [0.2, 0.25) is 0 Å². The predicted octanol–water partition coefficient (Wildman–Crippen LogP) is 1.99. The van der Waals surface area contributed by atoms with Gasteiger partial charge in [-0.2, -0.15) is 0 Å². The summed E-state index contributed by atoms with van der Waals surface area (Å²) in [4.78, 5) is 11.8. The topological polar surface area (TPSA) is 41.1 Å². The molecule has 1 fully saturated rings. The average Bonchev–Trinajstić information content (AvgIpc) is 2.74. The summed E-state index contributed by atoms with van der Waals surface area (Å²) < 4.78 is 13.1. The van der Waals surface area contributed by atoms with Gasteiger partial charge in [-0.25, -0.2) is 4.39 Å². The zero-order valence-electron chi connectivity index (χ0n) is 9.00. The molecule has 1 heterocycles. The van der Waals surface area contributed by atoms with E-state index < -0.39 is 5.82 Å². The van der Waals surface area contributed by atoms with E-state index in [1.54, 1.807) is 0 Å². The lowest BCUT2D eigenvalue weighted by molar-refractivity contribution is 0.0940. The van der Waals surface area contributed by atoms with E-state index in [0.717, 1.165) is 19.5 Å². The molecule has 0 spiro atoms. The third-order valence-corrected chi connectivity index (χ3v) is 2.98. The first-order chi connectivity index (χ1) is 7.68. The Morgan fingerprint density at radius 3 is 2.94 bits per heavy atom. The van der Waals surface area contributed by atoms with Crippen molar-refractivity contribution >= 4 is 29.9 Å². The molecule has 1 unspecified atom stereocenters. The number of hydrogen-bond acceptors (Lipinski definition) is 2. The van der Waals surface area contributed by atoms with Gasteiger partial charge in [0.15, 0.2) is 0 Å². The molecule has 1 aromatic carbocycles. The van der Waals surface area contributed by atoms with E-state index in [2.05, 4.69) is 10.6 Å². The highest BCUT2D eigenvalue weighted by atomic mass is 35.5. The van der Waals surface area contributed by atoms with Crippen LogP contribution in [0.3, 0.4) is 0 Å². The van der Waals surface area contributed by atoms with Crippen molar-refractivity contribution in [1.82, 2.24) is 10.6 Å². The number of hydrogen-bond donors (Lipinski definition) is 2. The van der Waals surface area contributed by atoms with Gasteiger partial charge in [0.1, 0.15) is 5.82 Å². The van der Waals surface area contributed by atoms with Crippen molar-refractivity contribution in [3.05, 3.63) is 34.6 Å². The fourth-order valence-corrected chi connectivity index (χ4v) is 1.93. The third-order valence-electron chi connectivity index (χ3n) is 2.59. The summed E-state index contributed by atoms with van der Waals surface area (Å²) in [5, 5.41) is 5.82. The fourth-order valence-electron chi connectivity index (χ4n) is 1.72. The summed E-state index contributed by atoms with van der Waals surface area (Å²) >= 11 is 5.72. The van der Waals surface area contributed by atoms with E-state index in [1.807, 2.05) is 0 Å². The summed E-state index contributed by atoms with van der Waals surface area (Å²) in [5.74, 6) is -0.892. The van der Waals surface area contributed by atoms with Crippen LogP contribution in [0.2, 0.25) is 5.02 Å². The molecule has 1 aliphatic rings. The van der Waals surface area contributed by atoms with Crippen LogP contribution >= 0.6 is 24.0 Å². The fraction of sp³-hybridized carbons (Fsp3) is 0.364. The molecule has 2 N–H and O–H groups in total. The van der Waals surface area contributed by atoms with E-state index in [1.165, 1.54) is 18.2 Å². The maximum Gasteiger partial charge on any atom is 0.253 e. The zero-order chi connectivity index (χ0) is 11.5. The molecule has 0 saturated carbocycles. The molecular formula is C11H13Cl2FN2O. The Balaban J connectivity index is 0.00000144. The van der Waals surface area contributed by atoms with Crippen LogP contribution in [-0.2, 0) is 0 Å². The summed E-state index contributed by atoms with van der Waals surface area (Å²) in [6.45, 7) is 1.64. The van der Waals surface area contributed by atoms with E-state index in [0.29, 0.717) is 0 Å². The molecule has 1 saturated heterocycles. The van der Waals surface area contributed by atoms with Crippen molar-refractivity contribution in [2.24, 2.45) is 0 Å². The molecule has 1 aliphatic heterocycles. The maximum atomic E-state index is 13.1. The molecule has 1 atom stereocenters. The Bertz CT molecular complexity index is 408. The standard InChI is InChI=1S/C11H12ClFN2O.ClH/c12-10-8(2-1-3-9(10)13)11(16)15-7-4-5-14-6-7;/h1-3,7,14H,4-6H2,(H,15,16);1H. The minimum atomic E-state index is -0.570. The second-order valence-corrected chi connectivity index (χ2v) is 4.14. The maximum absolute atomic E-state index is 13.1. The molecule has 2 rings (SSSR count). The normalized spacial score (nSPS) is 18.6. The number of amides is 1. The molecule has 0 aromatic heterocycles. The Labute approximate surface area is 110 Å². The van der Waals surface area contributed by atoms with Crippen LogP contribution in [0, 0.1) is 5.82 Å². The highest BCUT2D eigenvalue weighted by Gasteiger charge is 2.19. The molecule has 0 aliphatic carbocycles. The van der Waals surface area contributed by atoms with Gasteiger partial charge in [0.25, 0.3) is 5.91 Å². The summed E-state index contributed by atoms with van der Waals surface area (Å²) in [7, 11) is 0. The first-order valence-corrected chi connectivity index (χ1v) is 5.52. The van der Waals surface area contributed by atoms with Crippen LogP contribution in [0.15, 0.2) is 18.2 Å². The van der Waals surface area contributed by atoms with Crippen molar-refractivity contribution in [3.8, 4) is 0 Å². The molecule has 6 heteroatoms. The quantitative estimate of drug-likeness (QED) is 0.869. The monoisotopic (exact) mass is 278 g/mol. The van der Waals surface area contributed by atoms with Gasteiger partial charge in [-0.3, -0.25) is 4.79 Å². The Morgan fingerprint density at radius 1 is 1.53 bits per heavy atom. The molecule has 0 radical (unpaired) electrons. The van der Waals surface area contributed by atoms with Gasteiger partial charge in [-0.15, -0.1) is 12.4 Å². The van der Waals surface area contributed by atoms with Crippen LogP contribution in [0.4, 0.5) is 4.39 Å². The van der Waals surface area contributed by atoms with Crippen molar-refractivity contribution < 1.29 is 9.18 Å². The Hall–Kier alpha value is -0.840. The van der Waals surface area contributed by atoms with Crippen molar-refractivity contribution in [2.45, 2.75) is 12.5 Å². The second kappa shape index (κ2) is 6.19. The van der Waals surface area contributed by atoms with Crippen LogP contribution in [0.25, 0.3) is 0 Å². The molecule has 1 aromatic rings. The third kappa shape index (κ3) is 3.31. The summed E-state index contributed by atoms with van der Waals surface area (Å²) in [6.07, 6.45) is 0.888. The number of carbonyl (C=O) groups excluding carboxylic acids is 1. The van der Waals surface area contributed by atoms with Gasteiger partial charge in [-0.1, -0.05) is 17.7 Å². The van der Waals surface area contributed by atoms with Gasteiger partial charge >= 0.3 is 0 Å². The number of carbonyl (C=O) groups is 1. The first-order valence-electron chi connectivity index (χ1n) is 5.14. The molecule has 1 amide bonds. The lowest BCUT2D eigenvalue weighted by Crippen LogP contribution is -2.36. The minimum absolute atomic E-state index is 0. The SMILES string of the molecule is Cl.O=C(NC1CCNC1)c1cccc(F)c1Cl. The van der Waals surface area contributed by atoms with Crippen LogP contribution in [0.1, 0.15) is 16.8 Å². The van der Waals surface area contributed by atoms with E-state index in [4.69, 9.17) is 11.6 Å².